The molecule has 1 aromatic rings. The third-order valence-corrected chi connectivity index (χ3v) is 2.65. The molecule has 0 aliphatic heterocycles. The first kappa shape index (κ1) is 15.7. The minimum Gasteiger partial charge on any atom is -0.491 e. The van der Waals surface area contributed by atoms with Crippen LogP contribution < -0.4 is 10.1 Å². The molecule has 0 atom stereocenters. The maximum absolute atomic E-state index is 5.66. The second kappa shape index (κ2) is 9.59. The van der Waals surface area contributed by atoms with Gasteiger partial charge in [-0.05, 0) is 37.6 Å². The van der Waals surface area contributed by atoms with E-state index in [-0.39, 0.29) is 0 Å². The first-order valence-corrected chi connectivity index (χ1v) is 6.87. The molecule has 0 radical (unpaired) electrons. The van der Waals surface area contributed by atoms with E-state index in [0.29, 0.717) is 13.2 Å². The zero-order valence-corrected chi connectivity index (χ0v) is 12.1. The average Bonchev–Trinajstić information content (AvgIpc) is 2.40. The standard InChI is InChI=1S/C16H25NO2/c1-4-17-13-15-6-5-7-16(12-15)19-11-10-18-9-8-14(2)3/h5-7,12,17H,2,4,8-11,13H2,1,3H3. The summed E-state index contributed by atoms with van der Waals surface area (Å²) in [5.41, 5.74) is 2.39. The second-order valence-electron chi connectivity index (χ2n) is 4.60. The third kappa shape index (κ3) is 7.65. The van der Waals surface area contributed by atoms with Gasteiger partial charge in [0, 0.05) is 6.54 Å². The summed E-state index contributed by atoms with van der Waals surface area (Å²) in [6, 6.07) is 8.16. The Morgan fingerprint density at radius 1 is 1.26 bits per heavy atom. The van der Waals surface area contributed by atoms with Crippen LogP contribution in [0.15, 0.2) is 36.4 Å². The van der Waals surface area contributed by atoms with Crippen molar-refractivity contribution in [3.63, 3.8) is 0 Å². The van der Waals surface area contributed by atoms with Crippen LogP contribution in [0.5, 0.6) is 5.75 Å². The molecular formula is C16H25NO2. The van der Waals surface area contributed by atoms with E-state index in [2.05, 4.69) is 31.0 Å². The van der Waals surface area contributed by atoms with Crippen LogP contribution in [0.2, 0.25) is 0 Å². The van der Waals surface area contributed by atoms with Crippen molar-refractivity contribution in [1.82, 2.24) is 5.32 Å². The van der Waals surface area contributed by atoms with Gasteiger partial charge in [0.2, 0.25) is 0 Å². The molecule has 3 nitrogen and oxygen atoms in total. The molecule has 0 saturated heterocycles. The number of hydrogen-bond acceptors (Lipinski definition) is 3. The molecule has 1 N–H and O–H groups in total. The van der Waals surface area contributed by atoms with Crippen LogP contribution >= 0.6 is 0 Å². The number of benzene rings is 1. The summed E-state index contributed by atoms with van der Waals surface area (Å²) in [6.07, 6.45) is 0.915. The molecule has 0 amide bonds. The number of ether oxygens (including phenoxy) is 2. The van der Waals surface area contributed by atoms with E-state index in [4.69, 9.17) is 9.47 Å². The topological polar surface area (TPSA) is 30.5 Å². The lowest BCUT2D eigenvalue weighted by molar-refractivity contribution is 0.102. The fraction of sp³-hybridized carbons (Fsp3) is 0.500. The third-order valence-electron chi connectivity index (χ3n) is 2.65. The van der Waals surface area contributed by atoms with Crippen LogP contribution in [0.4, 0.5) is 0 Å². The highest BCUT2D eigenvalue weighted by atomic mass is 16.5. The van der Waals surface area contributed by atoms with Crippen molar-refractivity contribution < 1.29 is 9.47 Å². The van der Waals surface area contributed by atoms with Gasteiger partial charge in [0.25, 0.3) is 0 Å². The van der Waals surface area contributed by atoms with E-state index >= 15 is 0 Å². The van der Waals surface area contributed by atoms with E-state index in [1.807, 2.05) is 19.1 Å². The predicted octanol–water partition coefficient (Wildman–Crippen LogP) is 3.16. The normalized spacial score (nSPS) is 10.4. The van der Waals surface area contributed by atoms with E-state index in [0.717, 1.165) is 37.4 Å². The van der Waals surface area contributed by atoms with Crippen molar-refractivity contribution in [3.05, 3.63) is 42.0 Å². The van der Waals surface area contributed by atoms with Crippen molar-refractivity contribution in [2.45, 2.75) is 26.8 Å². The molecule has 3 heteroatoms. The van der Waals surface area contributed by atoms with Crippen molar-refractivity contribution in [3.8, 4) is 5.75 Å². The largest absolute Gasteiger partial charge is 0.491 e. The van der Waals surface area contributed by atoms with Gasteiger partial charge in [0.05, 0.1) is 13.2 Å². The van der Waals surface area contributed by atoms with Crippen LogP contribution in [0.25, 0.3) is 0 Å². The van der Waals surface area contributed by atoms with Crippen LogP contribution in [-0.2, 0) is 11.3 Å². The van der Waals surface area contributed by atoms with Crippen LogP contribution in [0.3, 0.4) is 0 Å². The summed E-state index contributed by atoms with van der Waals surface area (Å²) in [7, 11) is 0. The smallest absolute Gasteiger partial charge is 0.119 e. The van der Waals surface area contributed by atoms with Crippen LogP contribution in [0, 0.1) is 0 Å². The van der Waals surface area contributed by atoms with Gasteiger partial charge in [-0.25, -0.2) is 0 Å². The number of rotatable bonds is 10. The predicted molar refractivity (Wildman–Crippen MR) is 79.6 cm³/mol. The maximum Gasteiger partial charge on any atom is 0.119 e. The summed E-state index contributed by atoms with van der Waals surface area (Å²) in [6.45, 7) is 11.7. The highest BCUT2D eigenvalue weighted by molar-refractivity contribution is 5.28. The minimum absolute atomic E-state index is 0.584. The van der Waals surface area contributed by atoms with Gasteiger partial charge in [0.1, 0.15) is 12.4 Å². The molecule has 106 valence electrons. The Morgan fingerprint density at radius 3 is 2.84 bits per heavy atom. The van der Waals surface area contributed by atoms with Gasteiger partial charge in [-0.3, -0.25) is 0 Å². The van der Waals surface area contributed by atoms with E-state index < -0.39 is 0 Å². The van der Waals surface area contributed by atoms with Crippen molar-refractivity contribution in [2.75, 3.05) is 26.4 Å². The molecule has 1 rings (SSSR count). The monoisotopic (exact) mass is 263 g/mol. The van der Waals surface area contributed by atoms with E-state index in [1.165, 1.54) is 5.56 Å². The maximum atomic E-state index is 5.66. The van der Waals surface area contributed by atoms with Crippen molar-refractivity contribution in [2.24, 2.45) is 0 Å². The molecule has 0 aromatic heterocycles. The van der Waals surface area contributed by atoms with Crippen LogP contribution in [-0.4, -0.2) is 26.4 Å². The average molecular weight is 263 g/mol. The van der Waals surface area contributed by atoms with Gasteiger partial charge in [-0.15, -0.1) is 6.58 Å². The van der Waals surface area contributed by atoms with Crippen molar-refractivity contribution >= 4 is 0 Å². The first-order chi connectivity index (χ1) is 9.22. The molecule has 0 unspecified atom stereocenters. The lowest BCUT2D eigenvalue weighted by atomic mass is 10.2. The minimum atomic E-state index is 0.584. The Labute approximate surface area is 116 Å². The molecule has 1 aromatic carbocycles. The number of hydrogen-bond donors (Lipinski definition) is 1. The zero-order valence-electron chi connectivity index (χ0n) is 12.1. The van der Waals surface area contributed by atoms with Gasteiger partial charge >= 0.3 is 0 Å². The zero-order chi connectivity index (χ0) is 13.9. The van der Waals surface area contributed by atoms with Crippen molar-refractivity contribution in [1.29, 1.82) is 0 Å². The summed E-state index contributed by atoms with van der Waals surface area (Å²) < 4.78 is 11.1. The van der Waals surface area contributed by atoms with E-state index in [1.54, 1.807) is 0 Å². The Balaban J connectivity index is 2.19. The molecule has 0 aliphatic rings. The second-order valence-corrected chi connectivity index (χ2v) is 4.60. The molecule has 0 fully saturated rings. The van der Waals surface area contributed by atoms with E-state index in [9.17, 15) is 0 Å². The fourth-order valence-corrected chi connectivity index (χ4v) is 1.58. The van der Waals surface area contributed by atoms with Gasteiger partial charge < -0.3 is 14.8 Å². The Hall–Kier alpha value is -1.32. The molecule has 0 heterocycles. The molecule has 0 aliphatic carbocycles. The summed E-state index contributed by atoms with van der Waals surface area (Å²) in [5, 5.41) is 3.30. The summed E-state index contributed by atoms with van der Waals surface area (Å²) >= 11 is 0. The molecule has 0 spiro atoms. The van der Waals surface area contributed by atoms with Gasteiger partial charge in [0.15, 0.2) is 0 Å². The molecule has 19 heavy (non-hydrogen) atoms. The number of nitrogens with one attached hydrogen (secondary N) is 1. The Kier molecular flexibility index (Phi) is 7.94. The van der Waals surface area contributed by atoms with Gasteiger partial charge in [-0.1, -0.05) is 24.6 Å². The molecule has 0 saturated carbocycles. The summed E-state index contributed by atoms with van der Waals surface area (Å²) in [5.74, 6) is 0.902. The molecular weight excluding hydrogens is 238 g/mol. The lowest BCUT2D eigenvalue weighted by Gasteiger charge is -2.09. The highest BCUT2D eigenvalue weighted by Crippen LogP contribution is 2.13. The molecule has 0 bridgehead atoms. The SMILES string of the molecule is C=C(C)CCOCCOc1cccc(CNCC)c1. The highest BCUT2D eigenvalue weighted by Gasteiger charge is 1.97. The quantitative estimate of drug-likeness (QED) is 0.519. The Bertz CT molecular complexity index is 377. The first-order valence-electron chi connectivity index (χ1n) is 6.87. The lowest BCUT2D eigenvalue weighted by Crippen LogP contribution is -2.12. The Morgan fingerprint density at radius 2 is 2.11 bits per heavy atom. The summed E-state index contributed by atoms with van der Waals surface area (Å²) in [4.78, 5) is 0. The van der Waals surface area contributed by atoms with Crippen LogP contribution in [0.1, 0.15) is 25.8 Å². The van der Waals surface area contributed by atoms with Gasteiger partial charge in [-0.2, -0.15) is 0 Å². The fourth-order valence-electron chi connectivity index (χ4n) is 1.58.